The fourth-order valence-electron chi connectivity index (χ4n) is 2.23. The quantitative estimate of drug-likeness (QED) is 0.437. The standard InChI is InChI=1S/C19H19FO4/c1-14-7-3-6-10-18(14)24-11-15-8-4-5-9-16(15)17(12-23-13-20)19(21)22-2/h3-10,12H,11,13H2,1-2H3/b17-12+. The Kier molecular flexibility index (Phi) is 6.37. The van der Waals surface area contributed by atoms with Gasteiger partial charge in [0.2, 0.25) is 6.86 Å². The van der Waals surface area contributed by atoms with Gasteiger partial charge in [-0.05, 0) is 29.7 Å². The van der Waals surface area contributed by atoms with Crippen LogP contribution in [0.3, 0.4) is 0 Å². The molecular weight excluding hydrogens is 311 g/mol. The van der Waals surface area contributed by atoms with Crippen molar-refractivity contribution in [3.05, 3.63) is 71.5 Å². The van der Waals surface area contributed by atoms with Crippen LogP contribution in [0.25, 0.3) is 5.57 Å². The van der Waals surface area contributed by atoms with Crippen LogP contribution in [0.15, 0.2) is 54.8 Å². The molecule has 0 aliphatic rings. The molecule has 24 heavy (non-hydrogen) atoms. The van der Waals surface area contributed by atoms with Crippen LogP contribution in [0.1, 0.15) is 16.7 Å². The highest BCUT2D eigenvalue weighted by molar-refractivity contribution is 6.16. The summed E-state index contributed by atoms with van der Waals surface area (Å²) in [5.41, 5.74) is 2.49. The van der Waals surface area contributed by atoms with E-state index in [1.165, 1.54) is 7.11 Å². The van der Waals surface area contributed by atoms with Gasteiger partial charge in [0.25, 0.3) is 0 Å². The normalized spacial score (nSPS) is 11.0. The Morgan fingerprint density at radius 2 is 1.83 bits per heavy atom. The largest absolute Gasteiger partial charge is 0.489 e. The molecule has 2 rings (SSSR count). The number of hydrogen-bond acceptors (Lipinski definition) is 4. The van der Waals surface area contributed by atoms with Crippen molar-refractivity contribution in [3.63, 3.8) is 0 Å². The summed E-state index contributed by atoms with van der Waals surface area (Å²) in [4.78, 5) is 12.0. The first-order valence-electron chi connectivity index (χ1n) is 7.40. The fourth-order valence-corrected chi connectivity index (χ4v) is 2.23. The van der Waals surface area contributed by atoms with Crippen LogP contribution in [0.4, 0.5) is 4.39 Å². The molecule has 0 amide bonds. The Morgan fingerprint density at radius 1 is 1.12 bits per heavy atom. The molecule has 2 aromatic rings. The zero-order chi connectivity index (χ0) is 17.4. The summed E-state index contributed by atoms with van der Waals surface area (Å²) >= 11 is 0. The van der Waals surface area contributed by atoms with E-state index in [0.717, 1.165) is 23.1 Å². The van der Waals surface area contributed by atoms with Crippen LogP contribution in [-0.4, -0.2) is 19.9 Å². The molecule has 126 valence electrons. The van der Waals surface area contributed by atoms with Crippen molar-refractivity contribution in [3.8, 4) is 5.75 Å². The first kappa shape index (κ1) is 17.5. The second-order valence-corrected chi connectivity index (χ2v) is 5.01. The van der Waals surface area contributed by atoms with Crippen LogP contribution in [0, 0.1) is 6.92 Å². The average molecular weight is 330 g/mol. The molecule has 5 heteroatoms. The van der Waals surface area contributed by atoms with E-state index in [-0.39, 0.29) is 12.2 Å². The van der Waals surface area contributed by atoms with Crippen molar-refractivity contribution in [1.29, 1.82) is 0 Å². The number of para-hydroxylation sites is 1. The number of halogens is 1. The van der Waals surface area contributed by atoms with Gasteiger partial charge in [0.05, 0.1) is 7.11 Å². The fraction of sp³-hybridized carbons (Fsp3) is 0.211. The molecule has 0 atom stereocenters. The second kappa shape index (κ2) is 8.72. The monoisotopic (exact) mass is 330 g/mol. The molecule has 0 unspecified atom stereocenters. The maximum Gasteiger partial charge on any atom is 0.341 e. The van der Waals surface area contributed by atoms with Gasteiger partial charge < -0.3 is 14.2 Å². The lowest BCUT2D eigenvalue weighted by Gasteiger charge is -2.13. The predicted octanol–water partition coefficient (Wildman–Crippen LogP) is 4.03. The number of hydrogen-bond donors (Lipinski definition) is 0. The van der Waals surface area contributed by atoms with E-state index in [0.29, 0.717) is 5.56 Å². The third-order valence-corrected chi connectivity index (χ3v) is 3.45. The van der Waals surface area contributed by atoms with Crippen LogP contribution >= 0.6 is 0 Å². The minimum Gasteiger partial charge on any atom is -0.489 e. The van der Waals surface area contributed by atoms with Crippen molar-refractivity contribution < 1.29 is 23.4 Å². The average Bonchev–Trinajstić information content (AvgIpc) is 2.62. The summed E-state index contributed by atoms with van der Waals surface area (Å²) in [6, 6.07) is 14.8. The second-order valence-electron chi connectivity index (χ2n) is 5.01. The van der Waals surface area contributed by atoms with Gasteiger partial charge in [0.15, 0.2) is 0 Å². The van der Waals surface area contributed by atoms with Crippen molar-refractivity contribution in [2.75, 3.05) is 14.0 Å². The summed E-state index contributed by atoms with van der Waals surface area (Å²) in [6.07, 6.45) is 1.07. The van der Waals surface area contributed by atoms with Gasteiger partial charge in [-0.15, -0.1) is 0 Å². The van der Waals surface area contributed by atoms with E-state index in [2.05, 4.69) is 4.74 Å². The Bertz CT molecular complexity index is 725. The number of esters is 1. The minimum absolute atomic E-state index is 0.138. The van der Waals surface area contributed by atoms with Crippen LogP contribution < -0.4 is 4.74 Å². The number of methoxy groups -OCH3 is 1. The van der Waals surface area contributed by atoms with Crippen LogP contribution in [0.5, 0.6) is 5.75 Å². The van der Waals surface area contributed by atoms with E-state index in [9.17, 15) is 9.18 Å². The molecule has 0 spiro atoms. The number of carbonyl (C=O) groups excluding carboxylic acids is 1. The highest BCUT2D eigenvalue weighted by Crippen LogP contribution is 2.24. The van der Waals surface area contributed by atoms with Crippen molar-refractivity contribution >= 4 is 11.5 Å². The zero-order valence-corrected chi connectivity index (χ0v) is 13.6. The molecule has 2 aromatic carbocycles. The summed E-state index contributed by atoms with van der Waals surface area (Å²) in [5.74, 6) is 0.155. The molecule has 0 aliphatic heterocycles. The lowest BCUT2D eigenvalue weighted by Crippen LogP contribution is -2.08. The summed E-state index contributed by atoms with van der Waals surface area (Å²) in [6.45, 7) is 1.18. The van der Waals surface area contributed by atoms with E-state index < -0.39 is 12.8 Å². The molecule has 0 fully saturated rings. The summed E-state index contributed by atoms with van der Waals surface area (Å²) in [7, 11) is 1.26. The van der Waals surface area contributed by atoms with E-state index in [4.69, 9.17) is 9.47 Å². The molecule has 4 nitrogen and oxygen atoms in total. The number of alkyl halides is 1. The predicted molar refractivity (Wildman–Crippen MR) is 89.0 cm³/mol. The minimum atomic E-state index is -1.03. The van der Waals surface area contributed by atoms with Gasteiger partial charge in [-0.25, -0.2) is 9.18 Å². The Balaban J connectivity index is 2.28. The molecule has 0 heterocycles. The van der Waals surface area contributed by atoms with Crippen LogP contribution in [-0.2, 0) is 20.9 Å². The van der Waals surface area contributed by atoms with E-state index >= 15 is 0 Å². The third kappa shape index (κ3) is 4.35. The van der Waals surface area contributed by atoms with E-state index in [1.807, 2.05) is 43.3 Å². The lowest BCUT2D eigenvalue weighted by molar-refractivity contribution is -0.133. The van der Waals surface area contributed by atoms with Gasteiger partial charge in [0, 0.05) is 0 Å². The Hall–Kier alpha value is -2.82. The van der Waals surface area contributed by atoms with Gasteiger partial charge >= 0.3 is 5.97 Å². The van der Waals surface area contributed by atoms with Crippen molar-refractivity contribution in [2.45, 2.75) is 13.5 Å². The number of rotatable bonds is 7. The molecule has 0 N–H and O–H groups in total. The number of carbonyl (C=O) groups is 1. The van der Waals surface area contributed by atoms with Crippen molar-refractivity contribution in [2.24, 2.45) is 0 Å². The first-order valence-corrected chi connectivity index (χ1v) is 7.40. The molecule has 0 aliphatic carbocycles. The summed E-state index contributed by atoms with van der Waals surface area (Å²) in [5, 5.41) is 0. The van der Waals surface area contributed by atoms with Gasteiger partial charge in [-0.1, -0.05) is 42.5 Å². The summed E-state index contributed by atoms with van der Waals surface area (Å²) < 4.78 is 27.5. The number of aryl methyl sites for hydroxylation is 1. The highest BCUT2D eigenvalue weighted by atomic mass is 19.1. The Labute approximate surface area is 140 Å². The topological polar surface area (TPSA) is 44.8 Å². The lowest BCUT2D eigenvalue weighted by atomic mass is 10.0. The smallest absolute Gasteiger partial charge is 0.341 e. The number of ether oxygens (including phenoxy) is 3. The van der Waals surface area contributed by atoms with Crippen molar-refractivity contribution in [1.82, 2.24) is 0 Å². The van der Waals surface area contributed by atoms with Gasteiger partial charge in [0.1, 0.15) is 24.2 Å². The van der Waals surface area contributed by atoms with Gasteiger partial charge in [-0.3, -0.25) is 0 Å². The molecule has 0 aromatic heterocycles. The molecule has 0 bridgehead atoms. The maximum absolute atomic E-state index is 12.3. The van der Waals surface area contributed by atoms with Gasteiger partial charge in [-0.2, -0.15) is 0 Å². The molecule has 0 radical (unpaired) electrons. The number of benzene rings is 2. The maximum atomic E-state index is 12.3. The van der Waals surface area contributed by atoms with Crippen LogP contribution in [0.2, 0.25) is 0 Å². The molecule has 0 saturated carbocycles. The van der Waals surface area contributed by atoms with E-state index in [1.54, 1.807) is 12.1 Å². The zero-order valence-electron chi connectivity index (χ0n) is 13.6. The highest BCUT2D eigenvalue weighted by Gasteiger charge is 2.17. The molecular formula is C19H19FO4. The SMILES string of the molecule is COC(=O)/C(=C/OCF)c1ccccc1COc1ccccc1C. The first-order chi connectivity index (χ1) is 11.7. The third-order valence-electron chi connectivity index (χ3n) is 3.45. The Morgan fingerprint density at radius 3 is 2.54 bits per heavy atom. The molecule has 0 saturated heterocycles.